The molecule has 1 saturated heterocycles. The van der Waals surface area contributed by atoms with Crippen molar-refractivity contribution in [3.63, 3.8) is 0 Å². The summed E-state index contributed by atoms with van der Waals surface area (Å²) in [6.45, 7) is 5.31. The number of benzene rings is 1. The summed E-state index contributed by atoms with van der Waals surface area (Å²) in [7, 11) is 0. The lowest BCUT2D eigenvalue weighted by molar-refractivity contribution is 0.353. The van der Waals surface area contributed by atoms with Crippen LogP contribution in [0.25, 0.3) is 10.2 Å². The highest BCUT2D eigenvalue weighted by molar-refractivity contribution is 7.22. The Kier molecular flexibility index (Phi) is 3.54. The molecule has 6 heteroatoms. The van der Waals surface area contributed by atoms with Crippen LogP contribution >= 0.6 is 22.9 Å². The third kappa shape index (κ3) is 2.38. The van der Waals surface area contributed by atoms with Crippen LogP contribution in [0.5, 0.6) is 0 Å². The Hall–Kier alpha value is -1.59. The van der Waals surface area contributed by atoms with Gasteiger partial charge in [-0.3, -0.25) is 0 Å². The second-order valence-electron chi connectivity index (χ2n) is 5.70. The molecule has 1 fully saturated rings. The average Bonchev–Trinajstić information content (AvgIpc) is 3.09. The highest BCUT2D eigenvalue weighted by Gasteiger charge is 2.29. The van der Waals surface area contributed by atoms with Crippen molar-refractivity contribution in [3.8, 4) is 0 Å². The predicted octanol–water partition coefficient (Wildman–Crippen LogP) is 3.85. The maximum atomic E-state index is 6.21. The first-order chi connectivity index (χ1) is 10.7. The maximum Gasteiger partial charge on any atom is 0.186 e. The smallest absolute Gasteiger partial charge is 0.186 e. The zero-order valence-corrected chi connectivity index (χ0v) is 13.9. The van der Waals surface area contributed by atoms with E-state index in [1.165, 1.54) is 5.82 Å². The fraction of sp³-hybridized carbons (Fsp3) is 0.375. The SMILES string of the molecule is CCc1nccn1CC1CN(c2nc3c(Cl)cccc3s2)C1. The number of thiazole rings is 1. The van der Waals surface area contributed by atoms with E-state index in [4.69, 9.17) is 16.6 Å². The number of aromatic nitrogens is 3. The van der Waals surface area contributed by atoms with Crippen LogP contribution in [0.15, 0.2) is 30.6 Å². The molecule has 114 valence electrons. The van der Waals surface area contributed by atoms with Gasteiger partial charge >= 0.3 is 0 Å². The first-order valence-corrected chi connectivity index (χ1v) is 8.74. The number of halogens is 1. The number of nitrogens with zero attached hydrogens (tertiary/aromatic N) is 4. The van der Waals surface area contributed by atoms with Gasteiger partial charge < -0.3 is 9.47 Å². The molecule has 4 nitrogen and oxygen atoms in total. The van der Waals surface area contributed by atoms with Gasteiger partial charge in [0.15, 0.2) is 5.13 Å². The summed E-state index contributed by atoms with van der Waals surface area (Å²) in [5.74, 6) is 1.84. The summed E-state index contributed by atoms with van der Waals surface area (Å²) >= 11 is 7.93. The quantitative estimate of drug-likeness (QED) is 0.727. The van der Waals surface area contributed by atoms with E-state index in [-0.39, 0.29) is 0 Å². The number of aryl methyl sites for hydroxylation is 1. The first kappa shape index (κ1) is 14.0. The lowest BCUT2D eigenvalue weighted by Gasteiger charge is -2.39. The van der Waals surface area contributed by atoms with Crippen LogP contribution in [-0.2, 0) is 13.0 Å². The van der Waals surface area contributed by atoms with Gasteiger partial charge in [0.1, 0.15) is 11.3 Å². The van der Waals surface area contributed by atoms with Crippen LogP contribution in [0.4, 0.5) is 5.13 Å². The molecule has 3 aromatic rings. The molecular weight excluding hydrogens is 316 g/mol. The third-order valence-electron chi connectivity index (χ3n) is 4.16. The van der Waals surface area contributed by atoms with E-state index in [0.29, 0.717) is 5.92 Å². The molecular formula is C16H17ClN4S. The standard InChI is InChI=1S/C16H17ClN4S/c1-2-14-18-6-7-20(14)8-11-9-21(10-11)16-19-15-12(17)4-3-5-13(15)22-16/h3-7,11H,2,8-10H2,1H3. The molecule has 4 rings (SSSR count). The Balaban J connectivity index is 1.45. The highest BCUT2D eigenvalue weighted by Crippen LogP contribution is 2.35. The predicted molar refractivity (Wildman–Crippen MR) is 91.9 cm³/mol. The molecule has 0 saturated carbocycles. The second kappa shape index (κ2) is 5.56. The molecule has 0 radical (unpaired) electrons. The van der Waals surface area contributed by atoms with Crippen molar-refractivity contribution in [1.29, 1.82) is 0 Å². The van der Waals surface area contributed by atoms with Crippen molar-refractivity contribution in [2.24, 2.45) is 5.92 Å². The van der Waals surface area contributed by atoms with Crippen molar-refractivity contribution in [2.45, 2.75) is 19.9 Å². The van der Waals surface area contributed by atoms with Gasteiger partial charge in [-0.25, -0.2) is 9.97 Å². The van der Waals surface area contributed by atoms with Gasteiger partial charge in [0.25, 0.3) is 0 Å². The van der Waals surface area contributed by atoms with Crippen molar-refractivity contribution in [1.82, 2.24) is 14.5 Å². The lowest BCUT2D eigenvalue weighted by Crippen LogP contribution is -2.48. The van der Waals surface area contributed by atoms with E-state index >= 15 is 0 Å². The topological polar surface area (TPSA) is 34.0 Å². The summed E-state index contributed by atoms with van der Waals surface area (Å²) in [4.78, 5) is 11.4. The van der Waals surface area contributed by atoms with Crippen molar-refractivity contribution in [2.75, 3.05) is 18.0 Å². The Morgan fingerprint density at radius 2 is 2.23 bits per heavy atom. The molecule has 3 heterocycles. The molecule has 1 aromatic carbocycles. The monoisotopic (exact) mass is 332 g/mol. The van der Waals surface area contributed by atoms with E-state index in [1.807, 2.05) is 18.3 Å². The normalized spacial score (nSPS) is 15.5. The van der Waals surface area contributed by atoms with Crippen LogP contribution in [0, 0.1) is 5.92 Å². The van der Waals surface area contributed by atoms with Gasteiger partial charge in [-0.2, -0.15) is 0 Å². The van der Waals surface area contributed by atoms with Crippen LogP contribution in [0.2, 0.25) is 5.02 Å². The minimum absolute atomic E-state index is 0.669. The van der Waals surface area contributed by atoms with E-state index in [0.717, 1.165) is 46.4 Å². The van der Waals surface area contributed by atoms with Gasteiger partial charge in [-0.1, -0.05) is 35.9 Å². The highest BCUT2D eigenvalue weighted by atomic mass is 35.5. The number of fused-ring (bicyclic) bond motifs is 1. The van der Waals surface area contributed by atoms with Crippen molar-refractivity contribution in [3.05, 3.63) is 41.4 Å². The van der Waals surface area contributed by atoms with E-state index in [1.54, 1.807) is 11.3 Å². The summed E-state index contributed by atoms with van der Waals surface area (Å²) in [6.07, 6.45) is 4.96. The Morgan fingerprint density at radius 3 is 3.00 bits per heavy atom. The Morgan fingerprint density at radius 1 is 1.36 bits per heavy atom. The number of imidazole rings is 1. The maximum absolute atomic E-state index is 6.21. The zero-order chi connectivity index (χ0) is 15.1. The molecule has 0 bridgehead atoms. The fourth-order valence-corrected chi connectivity index (χ4v) is 4.26. The van der Waals surface area contributed by atoms with Gasteiger partial charge in [0.2, 0.25) is 0 Å². The van der Waals surface area contributed by atoms with Gasteiger partial charge in [0, 0.05) is 44.4 Å². The van der Waals surface area contributed by atoms with E-state index < -0.39 is 0 Å². The van der Waals surface area contributed by atoms with Gasteiger partial charge in [-0.05, 0) is 12.1 Å². The third-order valence-corrected chi connectivity index (χ3v) is 5.55. The minimum atomic E-state index is 0.669. The number of para-hydroxylation sites is 1. The molecule has 0 amide bonds. The Bertz CT molecular complexity index is 803. The van der Waals surface area contributed by atoms with E-state index in [2.05, 4.69) is 33.6 Å². The molecule has 22 heavy (non-hydrogen) atoms. The Labute approximate surface area is 138 Å². The van der Waals surface area contributed by atoms with Crippen LogP contribution in [-0.4, -0.2) is 27.6 Å². The summed E-state index contributed by atoms with van der Waals surface area (Å²) in [6, 6.07) is 5.97. The number of rotatable bonds is 4. The molecule has 0 N–H and O–H groups in total. The van der Waals surface area contributed by atoms with Crippen LogP contribution in [0.1, 0.15) is 12.7 Å². The summed E-state index contributed by atoms with van der Waals surface area (Å²) in [5.41, 5.74) is 0.926. The summed E-state index contributed by atoms with van der Waals surface area (Å²) < 4.78 is 3.44. The number of hydrogen-bond acceptors (Lipinski definition) is 4. The van der Waals surface area contributed by atoms with Gasteiger partial charge in [-0.15, -0.1) is 0 Å². The second-order valence-corrected chi connectivity index (χ2v) is 7.12. The van der Waals surface area contributed by atoms with Crippen LogP contribution < -0.4 is 4.90 Å². The zero-order valence-electron chi connectivity index (χ0n) is 12.4. The fourth-order valence-electron chi connectivity index (χ4n) is 2.98. The molecule has 0 aliphatic carbocycles. The van der Waals surface area contributed by atoms with Crippen molar-refractivity contribution >= 4 is 38.3 Å². The summed E-state index contributed by atoms with van der Waals surface area (Å²) in [5, 5.41) is 1.82. The molecule has 1 aliphatic heterocycles. The minimum Gasteiger partial charge on any atom is -0.347 e. The average molecular weight is 333 g/mol. The molecule has 1 aliphatic rings. The number of anilines is 1. The van der Waals surface area contributed by atoms with Gasteiger partial charge in [0.05, 0.1) is 9.72 Å². The molecule has 0 unspecified atom stereocenters. The van der Waals surface area contributed by atoms with Crippen molar-refractivity contribution < 1.29 is 0 Å². The molecule has 0 atom stereocenters. The molecule has 2 aromatic heterocycles. The van der Waals surface area contributed by atoms with E-state index in [9.17, 15) is 0 Å². The largest absolute Gasteiger partial charge is 0.347 e. The van der Waals surface area contributed by atoms with Crippen LogP contribution in [0.3, 0.4) is 0 Å². The number of hydrogen-bond donors (Lipinski definition) is 0. The first-order valence-electron chi connectivity index (χ1n) is 7.54. The molecule has 0 spiro atoms. The lowest BCUT2D eigenvalue weighted by atomic mass is 10.0.